The molecule has 0 aromatic rings. The molecule has 3 atom stereocenters. The van der Waals surface area contributed by atoms with Gasteiger partial charge < -0.3 is 24.7 Å². The predicted octanol–water partition coefficient (Wildman–Crippen LogP) is -1.44. The number of phosphoric ester groups is 1. The van der Waals surface area contributed by atoms with Gasteiger partial charge in [-0.1, -0.05) is 0 Å². The summed E-state index contributed by atoms with van der Waals surface area (Å²) in [5, 5.41) is 18.0. The topological polar surface area (TPSA) is 116 Å². The van der Waals surface area contributed by atoms with E-state index in [0.29, 0.717) is 0 Å². The van der Waals surface area contributed by atoms with Crippen LogP contribution >= 0.6 is 7.82 Å². The Morgan fingerprint density at radius 2 is 2.08 bits per heavy atom. The van der Waals surface area contributed by atoms with Gasteiger partial charge in [0.15, 0.2) is 6.29 Å². The van der Waals surface area contributed by atoms with Crippen LogP contribution in [0.25, 0.3) is 0 Å². The Hall–Kier alpha value is -0.0100. The van der Waals surface area contributed by atoms with E-state index in [9.17, 15) is 4.57 Å². The standard InChI is InChI=1S/C5H11O7P/c6-3-1-5(7)12-4(3)2-11-13(8,9)10/h3-7H,1-2H2,(H2,8,9,10)/t3-,4+,5+/m0/s1. The fourth-order valence-corrected chi connectivity index (χ4v) is 1.37. The first kappa shape index (κ1) is 11.1. The van der Waals surface area contributed by atoms with Gasteiger partial charge in [0.2, 0.25) is 0 Å². The summed E-state index contributed by atoms with van der Waals surface area (Å²) in [5.74, 6) is 0. The Bertz CT molecular complexity index is 213. The molecular weight excluding hydrogens is 203 g/mol. The molecule has 0 bridgehead atoms. The highest BCUT2D eigenvalue weighted by molar-refractivity contribution is 7.46. The second-order valence-corrected chi connectivity index (χ2v) is 3.96. The highest BCUT2D eigenvalue weighted by atomic mass is 31.2. The van der Waals surface area contributed by atoms with Crippen molar-refractivity contribution in [1.29, 1.82) is 0 Å². The maximum atomic E-state index is 10.2. The number of hydrogen-bond donors (Lipinski definition) is 4. The lowest BCUT2D eigenvalue weighted by atomic mass is 10.2. The molecule has 1 aliphatic heterocycles. The number of hydrogen-bond acceptors (Lipinski definition) is 5. The minimum absolute atomic E-state index is 0.0230. The summed E-state index contributed by atoms with van der Waals surface area (Å²) in [7, 11) is -4.54. The van der Waals surface area contributed by atoms with Gasteiger partial charge in [-0.25, -0.2) is 4.57 Å². The van der Waals surface area contributed by atoms with Crippen LogP contribution in [0.3, 0.4) is 0 Å². The zero-order valence-electron chi connectivity index (χ0n) is 6.61. The summed E-state index contributed by atoms with van der Waals surface area (Å²) in [4.78, 5) is 16.6. The highest BCUT2D eigenvalue weighted by Crippen LogP contribution is 2.36. The van der Waals surface area contributed by atoms with Crippen LogP contribution in [-0.4, -0.2) is 45.1 Å². The van der Waals surface area contributed by atoms with E-state index < -0.39 is 32.9 Å². The zero-order chi connectivity index (χ0) is 10.1. The molecule has 0 spiro atoms. The molecule has 13 heavy (non-hydrogen) atoms. The molecule has 4 N–H and O–H groups in total. The molecule has 1 heterocycles. The van der Waals surface area contributed by atoms with Crippen molar-refractivity contribution in [2.45, 2.75) is 24.9 Å². The van der Waals surface area contributed by atoms with Gasteiger partial charge in [0, 0.05) is 6.42 Å². The van der Waals surface area contributed by atoms with Gasteiger partial charge in [0.05, 0.1) is 12.7 Å². The van der Waals surface area contributed by atoms with E-state index in [0.717, 1.165) is 0 Å². The molecule has 0 amide bonds. The molecule has 7 nitrogen and oxygen atoms in total. The van der Waals surface area contributed by atoms with Crippen LogP contribution in [-0.2, 0) is 13.8 Å². The van der Waals surface area contributed by atoms with Crippen molar-refractivity contribution in [2.75, 3.05) is 6.61 Å². The summed E-state index contributed by atoms with van der Waals surface area (Å²) in [6, 6.07) is 0. The van der Waals surface area contributed by atoms with Crippen molar-refractivity contribution in [3.63, 3.8) is 0 Å². The van der Waals surface area contributed by atoms with Gasteiger partial charge in [-0.2, -0.15) is 0 Å². The van der Waals surface area contributed by atoms with Crippen molar-refractivity contribution in [1.82, 2.24) is 0 Å². The van der Waals surface area contributed by atoms with Crippen LogP contribution < -0.4 is 0 Å². The van der Waals surface area contributed by atoms with E-state index in [-0.39, 0.29) is 6.42 Å². The first-order valence-corrected chi connectivity index (χ1v) is 5.13. The highest BCUT2D eigenvalue weighted by Gasteiger charge is 2.34. The van der Waals surface area contributed by atoms with Crippen LogP contribution in [0, 0.1) is 0 Å². The fraction of sp³-hybridized carbons (Fsp3) is 1.00. The minimum Gasteiger partial charge on any atom is -0.390 e. The van der Waals surface area contributed by atoms with E-state index in [4.69, 9.17) is 24.7 Å². The third kappa shape index (κ3) is 3.70. The van der Waals surface area contributed by atoms with Gasteiger partial charge in [0.1, 0.15) is 6.10 Å². The predicted molar refractivity (Wildman–Crippen MR) is 39.5 cm³/mol. The second-order valence-electron chi connectivity index (χ2n) is 2.72. The van der Waals surface area contributed by atoms with Crippen molar-refractivity contribution in [2.24, 2.45) is 0 Å². The molecule has 8 heteroatoms. The van der Waals surface area contributed by atoms with E-state index >= 15 is 0 Å². The second kappa shape index (κ2) is 4.02. The lowest BCUT2D eigenvalue weighted by Gasteiger charge is -2.13. The van der Waals surface area contributed by atoms with Gasteiger partial charge in [-0.05, 0) is 0 Å². The maximum Gasteiger partial charge on any atom is 0.469 e. The van der Waals surface area contributed by atoms with E-state index in [2.05, 4.69) is 4.52 Å². The van der Waals surface area contributed by atoms with Crippen molar-refractivity contribution in [3.8, 4) is 0 Å². The van der Waals surface area contributed by atoms with Crippen LogP contribution in [0.5, 0.6) is 0 Å². The Labute approximate surface area is 74.1 Å². The number of aliphatic hydroxyl groups excluding tert-OH is 2. The molecule has 0 aliphatic carbocycles. The Morgan fingerprint density at radius 3 is 2.46 bits per heavy atom. The van der Waals surface area contributed by atoms with Crippen molar-refractivity contribution in [3.05, 3.63) is 0 Å². The molecule has 78 valence electrons. The molecular formula is C5H11O7P. The normalized spacial score (nSPS) is 35.2. The number of ether oxygens (including phenoxy) is 1. The van der Waals surface area contributed by atoms with E-state index in [1.807, 2.05) is 0 Å². The summed E-state index contributed by atoms with van der Waals surface area (Å²) in [6.45, 7) is -0.442. The molecule has 1 rings (SSSR count). The minimum atomic E-state index is -4.54. The van der Waals surface area contributed by atoms with Gasteiger partial charge in [-0.15, -0.1) is 0 Å². The molecule has 0 unspecified atom stereocenters. The smallest absolute Gasteiger partial charge is 0.390 e. The average molecular weight is 214 g/mol. The maximum absolute atomic E-state index is 10.2. The molecule has 0 aromatic carbocycles. The van der Waals surface area contributed by atoms with Gasteiger partial charge >= 0.3 is 7.82 Å². The summed E-state index contributed by atoms with van der Waals surface area (Å²) < 4.78 is 19.1. The third-order valence-corrected chi connectivity index (χ3v) is 2.10. The molecule has 1 fully saturated rings. The summed E-state index contributed by atoms with van der Waals surface area (Å²) >= 11 is 0. The van der Waals surface area contributed by atoms with Crippen molar-refractivity contribution < 1.29 is 33.8 Å². The Morgan fingerprint density at radius 1 is 1.46 bits per heavy atom. The van der Waals surface area contributed by atoms with Gasteiger partial charge in [-0.3, -0.25) is 4.52 Å². The SMILES string of the molecule is O=P(O)(O)OC[C@H]1O[C@@H](O)C[C@@H]1O. The monoisotopic (exact) mass is 214 g/mol. The quantitative estimate of drug-likeness (QED) is 0.425. The van der Waals surface area contributed by atoms with Crippen molar-refractivity contribution >= 4 is 7.82 Å². The van der Waals surface area contributed by atoms with Crippen LogP contribution in [0.2, 0.25) is 0 Å². The van der Waals surface area contributed by atoms with Crippen LogP contribution in [0.1, 0.15) is 6.42 Å². The largest absolute Gasteiger partial charge is 0.469 e. The summed E-state index contributed by atoms with van der Waals surface area (Å²) in [5.41, 5.74) is 0. The molecule has 1 saturated heterocycles. The molecule has 0 aromatic heterocycles. The first-order valence-electron chi connectivity index (χ1n) is 3.60. The Kier molecular flexibility index (Phi) is 3.42. The lowest BCUT2D eigenvalue weighted by molar-refractivity contribution is -0.106. The van der Waals surface area contributed by atoms with E-state index in [1.165, 1.54) is 0 Å². The molecule has 0 radical (unpaired) electrons. The molecule has 1 aliphatic rings. The van der Waals surface area contributed by atoms with E-state index in [1.54, 1.807) is 0 Å². The average Bonchev–Trinajstić information content (AvgIpc) is 2.24. The summed E-state index contributed by atoms with van der Waals surface area (Å²) in [6.07, 6.45) is -2.92. The molecule has 0 saturated carbocycles. The van der Waals surface area contributed by atoms with Crippen LogP contribution in [0.4, 0.5) is 0 Å². The third-order valence-electron chi connectivity index (χ3n) is 1.61. The Balaban J connectivity index is 2.34. The number of phosphoric acid groups is 1. The first-order chi connectivity index (χ1) is 5.88. The van der Waals surface area contributed by atoms with Gasteiger partial charge in [0.25, 0.3) is 0 Å². The number of aliphatic hydroxyl groups is 2. The fourth-order valence-electron chi connectivity index (χ4n) is 1.03. The van der Waals surface area contributed by atoms with Crippen LogP contribution in [0.15, 0.2) is 0 Å². The lowest BCUT2D eigenvalue weighted by Crippen LogP contribution is -2.25. The number of rotatable bonds is 3. The zero-order valence-corrected chi connectivity index (χ0v) is 7.50.